The Morgan fingerprint density at radius 1 is 1.19 bits per heavy atom. The van der Waals surface area contributed by atoms with E-state index in [0.717, 1.165) is 23.9 Å². The van der Waals surface area contributed by atoms with Gasteiger partial charge in [-0.2, -0.15) is 5.10 Å². The number of ether oxygens (including phenoxy) is 1. The molecule has 0 saturated carbocycles. The maximum absolute atomic E-state index is 12.9. The van der Waals surface area contributed by atoms with Crippen LogP contribution in [-0.4, -0.2) is 36.4 Å². The molecule has 2 rings (SSSR count). The lowest BCUT2D eigenvalue weighted by atomic mass is 10.1. The molecule has 1 aromatic carbocycles. The Hall–Kier alpha value is -2.89. The molecular formula is C21H27F2N3O. The standard InChI is InChI=1S/C15H19F2N3O.C6H8/c1-11-9-12(5-6-13(11)19(3)4)20-14(7-8-18-20)21-10-15(2,16)17;1-3-5-6-4-2/h5-9H,10H2,1-4H3;3-6H,1-2H2/b;6-5-. The lowest BCUT2D eigenvalue weighted by Gasteiger charge is -2.17. The minimum absolute atomic E-state index is 0.300. The van der Waals surface area contributed by atoms with Gasteiger partial charge in [-0.1, -0.05) is 37.5 Å². The third-order valence-electron chi connectivity index (χ3n) is 3.37. The van der Waals surface area contributed by atoms with E-state index in [1.54, 1.807) is 18.2 Å². The highest BCUT2D eigenvalue weighted by Gasteiger charge is 2.23. The van der Waals surface area contributed by atoms with Crippen LogP contribution >= 0.6 is 0 Å². The first-order valence-corrected chi connectivity index (χ1v) is 8.42. The van der Waals surface area contributed by atoms with Gasteiger partial charge < -0.3 is 9.64 Å². The summed E-state index contributed by atoms with van der Waals surface area (Å²) in [6, 6.07) is 7.36. The van der Waals surface area contributed by atoms with E-state index in [9.17, 15) is 8.78 Å². The molecule has 146 valence electrons. The summed E-state index contributed by atoms with van der Waals surface area (Å²) in [4.78, 5) is 2.01. The normalized spacial score (nSPS) is 10.9. The molecule has 0 aliphatic rings. The number of rotatable bonds is 7. The van der Waals surface area contributed by atoms with Gasteiger partial charge in [-0.3, -0.25) is 0 Å². The zero-order chi connectivity index (χ0) is 20.4. The van der Waals surface area contributed by atoms with Gasteiger partial charge in [-0.25, -0.2) is 13.5 Å². The van der Waals surface area contributed by atoms with Crippen molar-refractivity contribution in [3.63, 3.8) is 0 Å². The third kappa shape index (κ3) is 7.48. The molecule has 4 nitrogen and oxygen atoms in total. The number of anilines is 1. The Labute approximate surface area is 160 Å². The molecule has 0 spiro atoms. The molecule has 6 heteroatoms. The van der Waals surface area contributed by atoms with Gasteiger partial charge in [0.25, 0.3) is 5.92 Å². The SMILES string of the molecule is C=C/C=C\C=C.Cc1cc(-n2nccc2OCC(C)(F)F)ccc1N(C)C. The third-order valence-corrected chi connectivity index (χ3v) is 3.37. The van der Waals surface area contributed by atoms with E-state index < -0.39 is 12.5 Å². The van der Waals surface area contributed by atoms with Crippen LogP contribution < -0.4 is 9.64 Å². The maximum Gasteiger partial charge on any atom is 0.278 e. The summed E-state index contributed by atoms with van der Waals surface area (Å²) in [5, 5.41) is 4.14. The molecule has 0 radical (unpaired) electrons. The highest BCUT2D eigenvalue weighted by atomic mass is 19.3. The first kappa shape index (κ1) is 22.2. The molecule has 0 N–H and O–H groups in total. The molecule has 0 amide bonds. The van der Waals surface area contributed by atoms with Crippen LogP contribution in [0.5, 0.6) is 5.88 Å². The van der Waals surface area contributed by atoms with Crippen LogP contribution in [0.3, 0.4) is 0 Å². The number of benzene rings is 1. The minimum Gasteiger partial charge on any atom is -0.471 e. The molecule has 1 heterocycles. The van der Waals surface area contributed by atoms with Crippen molar-refractivity contribution in [2.75, 3.05) is 25.6 Å². The average Bonchev–Trinajstić information content (AvgIpc) is 3.06. The van der Waals surface area contributed by atoms with Crippen LogP contribution in [0.2, 0.25) is 0 Å². The van der Waals surface area contributed by atoms with Crippen LogP contribution in [0, 0.1) is 6.92 Å². The van der Waals surface area contributed by atoms with E-state index in [2.05, 4.69) is 18.3 Å². The van der Waals surface area contributed by atoms with Crippen molar-refractivity contribution in [3.05, 3.63) is 73.5 Å². The molecule has 0 unspecified atom stereocenters. The summed E-state index contributed by atoms with van der Waals surface area (Å²) >= 11 is 0. The van der Waals surface area contributed by atoms with Gasteiger partial charge in [-0.05, 0) is 30.7 Å². The first-order valence-electron chi connectivity index (χ1n) is 8.42. The summed E-state index contributed by atoms with van der Waals surface area (Å²) in [6.45, 7) is 9.07. The van der Waals surface area contributed by atoms with Gasteiger partial charge in [0.1, 0.15) is 0 Å². The van der Waals surface area contributed by atoms with Crippen molar-refractivity contribution >= 4 is 5.69 Å². The number of aromatic nitrogens is 2. The number of alkyl halides is 2. The van der Waals surface area contributed by atoms with Gasteiger partial charge in [0, 0.05) is 32.8 Å². The number of allylic oxidation sites excluding steroid dienone is 4. The van der Waals surface area contributed by atoms with Crippen LogP contribution in [0.4, 0.5) is 14.5 Å². The fourth-order valence-corrected chi connectivity index (χ4v) is 2.23. The van der Waals surface area contributed by atoms with Gasteiger partial charge in [0.05, 0.1) is 11.9 Å². The van der Waals surface area contributed by atoms with Crippen molar-refractivity contribution in [2.24, 2.45) is 0 Å². The second-order valence-corrected chi connectivity index (χ2v) is 6.16. The smallest absolute Gasteiger partial charge is 0.278 e. The second kappa shape index (κ2) is 10.3. The number of hydrogen-bond acceptors (Lipinski definition) is 3. The zero-order valence-electron chi connectivity index (χ0n) is 16.3. The monoisotopic (exact) mass is 375 g/mol. The molecule has 1 aromatic heterocycles. The van der Waals surface area contributed by atoms with Crippen molar-refractivity contribution in [2.45, 2.75) is 19.8 Å². The molecule has 0 saturated heterocycles. The molecule has 2 aromatic rings. The van der Waals surface area contributed by atoms with Crippen molar-refractivity contribution in [1.29, 1.82) is 0 Å². The summed E-state index contributed by atoms with van der Waals surface area (Å²) in [5.74, 6) is -2.58. The summed E-state index contributed by atoms with van der Waals surface area (Å²) in [6.07, 6.45) is 8.60. The molecule has 0 aliphatic heterocycles. The molecule has 0 fully saturated rings. The second-order valence-electron chi connectivity index (χ2n) is 6.16. The average molecular weight is 375 g/mol. The maximum atomic E-state index is 12.9. The van der Waals surface area contributed by atoms with Gasteiger partial charge in [0.2, 0.25) is 5.88 Å². The van der Waals surface area contributed by atoms with E-state index in [4.69, 9.17) is 4.74 Å². The van der Waals surface area contributed by atoms with E-state index in [-0.39, 0.29) is 0 Å². The summed E-state index contributed by atoms with van der Waals surface area (Å²) in [7, 11) is 3.93. The number of aryl methyl sites for hydroxylation is 1. The van der Waals surface area contributed by atoms with Crippen LogP contribution in [0.15, 0.2) is 67.9 Å². The first-order chi connectivity index (χ1) is 12.7. The van der Waals surface area contributed by atoms with E-state index in [1.165, 1.54) is 10.9 Å². The van der Waals surface area contributed by atoms with Gasteiger partial charge in [0.15, 0.2) is 6.61 Å². The van der Waals surface area contributed by atoms with Crippen molar-refractivity contribution < 1.29 is 13.5 Å². The quantitative estimate of drug-likeness (QED) is 0.624. The van der Waals surface area contributed by atoms with Crippen LogP contribution in [0.1, 0.15) is 12.5 Å². The molecule has 0 aliphatic carbocycles. The Balaban J connectivity index is 0.000000527. The highest BCUT2D eigenvalue weighted by molar-refractivity contribution is 5.56. The molecule has 0 atom stereocenters. The Morgan fingerprint density at radius 3 is 2.30 bits per heavy atom. The van der Waals surface area contributed by atoms with Crippen LogP contribution in [0.25, 0.3) is 5.69 Å². The number of nitrogens with zero attached hydrogens (tertiary/aromatic N) is 3. The van der Waals surface area contributed by atoms with Crippen molar-refractivity contribution in [3.8, 4) is 11.6 Å². The molecule has 27 heavy (non-hydrogen) atoms. The predicted octanol–water partition coefficient (Wildman–Crippen LogP) is 5.20. The zero-order valence-corrected chi connectivity index (χ0v) is 16.3. The Morgan fingerprint density at radius 2 is 1.81 bits per heavy atom. The topological polar surface area (TPSA) is 30.3 Å². The molecule has 0 bridgehead atoms. The van der Waals surface area contributed by atoms with Gasteiger partial charge >= 0.3 is 0 Å². The largest absolute Gasteiger partial charge is 0.471 e. The van der Waals surface area contributed by atoms with Crippen molar-refractivity contribution in [1.82, 2.24) is 9.78 Å². The van der Waals surface area contributed by atoms with E-state index in [1.807, 2.05) is 56.3 Å². The highest BCUT2D eigenvalue weighted by Crippen LogP contribution is 2.24. The molecular weight excluding hydrogens is 348 g/mol. The fraction of sp³-hybridized carbons (Fsp3) is 0.286. The minimum atomic E-state index is -2.88. The lowest BCUT2D eigenvalue weighted by Crippen LogP contribution is -2.22. The van der Waals surface area contributed by atoms with Crippen LogP contribution in [-0.2, 0) is 0 Å². The van der Waals surface area contributed by atoms with E-state index >= 15 is 0 Å². The summed E-state index contributed by atoms with van der Waals surface area (Å²) < 4.78 is 32.5. The number of halogens is 2. The Bertz CT molecular complexity index is 764. The predicted molar refractivity (Wildman–Crippen MR) is 108 cm³/mol. The van der Waals surface area contributed by atoms with Gasteiger partial charge in [-0.15, -0.1) is 0 Å². The lowest BCUT2D eigenvalue weighted by molar-refractivity contribution is -0.0249. The Kier molecular flexibility index (Phi) is 8.45. The number of hydrogen-bond donors (Lipinski definition) is 0. The van der Waals surface area contributed by atoms with E-state index in [0.29, 0.717) is 5.88 Å². The fourth-order valence-electron chi connectivity index (χ4n) is 2.23. The summed E-state index contributed by atoms with van der Waals surface area (Å²) in [5.41, 5.74) is 2.94.